The monoisotopic (exact) mass is 380 g/mol. The van der Waals surface area contributed by atoms with Crippen LogP contribution in [0.2, 0.25) is 5.02 Å². The minimum absolute atomic E-state index is 0.0308. The van der Waals surface area contributed by atoms with Crippen molar-refractivity contribution in [1.29, 1.82) is 0 Å². The lowest BCUT2D eigenvalue weighted by molar-refractivity contribution is -0.124. The van der Waals surface area contributed by atoms with Crippen molar-refractivity contribution in [3.05, 3.63) is 40.9 Å². The number of carbonyl (C=O) groups is 2. The molecule has 1 aliphatic heterocycles. The van der Waals surface area contributed by atoms with E-state index in [0.717, 1.165) is 11.1 Å². The van der Waals surface area contributed by atoms with Crippen molar-refractivity contribution in [3.8, 4) is 5.75 Å². The zero-order chi connectivity index (χ0) is 19.1. The van der Waals surface area contributed by atoms with Crippen LogP contribution >= 0.6 is 11.6 Å². The Bertz CT molecular complexity index is 646. The van der Waals surface area contributed by atoms with Crippen LogP contribution in [0, 0.1) is 13.8 Å². The summed E-state index contributed by atoms with van der Waals surface area (Å²) in [5.41, 5.74) is 1.83. The van der Waals surface area contributed by atoms with Crippen LogP contribution in [0.4, 0.5) is 4.79 Å². The van der Waals surface area contributed by atoms with E-state index in [2.05, 4.69) is 11.9 Å². The van der Waals surface area contributed by atoms with Gasteiger partial charge in [-0.3, -0.25) is 4.79 Å². The van der Waals surface area contributed by atoms with Gasteiger partial charge in [0.15, 0.2) is 6.61 Å². The molecule has 1 aliphatic rings. The second-order valence-electron chi connectivity index (χ2n) is 6.35. The minimum Gasteiger partial charge on any atom is -0.484 e. The standard InChI is InChI=1S/C19H25ClN2O4/c1-4-9-25-19(24)22-7-5-15(6-8-22)21-17(23)12-26-16-10-13(2)18(20)14(3)11-16/h4,10-11,15H,1,5-9,12H2,2-3H3,(H,21,23). The Morgan fingerprint density at radius 1 is 1.31 bits per heavy atom. The van der Waals surface area contributed by atoms with Crippen molar-refractivity contribution in [2.45, 2.75) is 32.7 Å². The number of benzene rings is 1. The van der Waals surface area contributed by atoms with Crippen molar-refractivity contribution >= 4 is 23.6 Å². The van der Waals surface area contributed by atoms with Crippen LogP contribution in [0.1, 0.15) is 24.0 Å². The molecule has 2 amide bonds. The topological polar surface area (TPSA) is 67.9 Å². The molecule has 1 fully saturated rings. The van der Waals surface area contributed by atoms with Gasteiger partial charge in [0.2, 0.25) is 0 Å². The summed E-state index contributed by atoms with van der Waals surface area (Å²) in [5.74, 6) is 0.447. The van der Waals surface area contributed by atoms with Gasteiger partial charge in [0.05, 0.1) is 0 Å². The molecule has 0 unspecified atom stereocenters. The fourth-order valence-corrected chi connectivity index (χ4v) is 2.94. The SMILES string of the molecule is C=CCOC(=O)N1CCC(NC(=O)COc2cc(C)c(Cl)c(C)c2)CC1. The first-order valence-corrected chi connectivity index (χ1v) is 9.00. The van der Waals surface area contributed by atoms with Gasteiger partial charge in [0.25, 0.3) is 5.91 Å². The fraction of sp³-hybridized carbons (Fsp3) is 0.474. The third-order valence-corrected chi connectivity index (χ3v) is 4.82. The summed E-state index contributed by atoms with van der Waals surface area (Å²) >= 11 is 6.13. The number of aryl methyl sites for hydroxylation is 2. The first-order valence-electron chi connectivity index (χ1n) is 8.62. The average Bonchev–Trinajstić information content (AvgIpc) is 2.63. The second kappa shape index (κ2) is 9.48. The molecule has 0 saturated carbocycles. The van der Waals surface area contributed by atoms with E-state index >= 15 is 0 Å². The molecule has 1 saturated heterocycles. The smallest absolute Gasteiger partial charge is 0.410 e. The molecule has 2 rings (SSSR count). The Morgan fingerprint density at radius 2 is 1.92 bits per heavy atom. The van der Waals surface area contributed by atoms with Gasteiger partial charge in [-0.25, -0.2) is 4.79 Å². The van der Waals surface area contributed by atoms with Crippen LogP contribution in [0.25, 0.3) is 0 Å². The predicted molar refractivity (Wildman–Crippen MR) is 101 cm³/mol. The highest BCUT2D eigenvalue weighted by Crippen LogP contribution is 2.25. The normalized spacial score (nSPS) is 14.7. The molecular formula is C19H25ClN2O4. The molecule has 6 nitrogen and oxygen atoms in total. The first kappa shape index (κ1) is 20.1. The van der Waals surface area contributed by atoms with Crippen LogP contribution < -0.4 is 10.1 Å². The van der Waals surface area contributed by atoms with Crippen molar-refractivity contribution in [1.82, 2.24) is 10.2 Å². The maximum Gasteiger partial charge on any atom is 0.410 e. The van der Waals surface area contributed by atoms with E-state index in [1.165, 1.54) is 6.08 Å². The molecule has 1 aromatic rings. The fourth-order valence-electron chi connectivity index (χ4n) is 2.84. The van der Waals surface area contributed by atoms with Gasteiger partial charge >= 0.3 is 6.09 Å². The van der Waals surface area contributed by atoms with Crippen molar-refractivity contribution in [2.24, 2.45) is 0 Å². The Kier molecular flexibility index (Phi) is 7.33. The maximum atomic E-state index is 12.1. The summed E-state index contributed by atoms with van der Waals surface area (Å²) in [6.45, 7) is 8.57. The Labute approximate surface area is 159 Å². The van der Waals surface area contributed by atoms with Crippen molar-refractivity contribution in [3.63, 3.8) is 0 Å². The summed E-state index contributed by atoms with van der Waals surface area (Å²) < 4.78 is 10.6. The van der Waals surface area contributed by atoms with Crippen LogP contribution in [-0.4, -0.2) is 49.2 Å². The molecule has 0 atom stereocenters. The highest BCUT2D eigenvalue weighted by Gasteiger charge is 2.24. The molecule has 142 valence electrons. The lowest BCUT2D eigenvalue weighted by atomic mass is 10.1. The molecule has 0 spiro atoms. The number of rotatable bonds is 6. The lowest BCUT2D eigenvalue weighted by Gasteiger charge is -2.31. The minimum atomic E-state index is -0.341. The number of amides is 2. The number of piperidine rings is 1. The highest BCUT2D eigenvalue weighted by molar-refractivity contribution is 6.32. The van der Waals surface area contributed by atoms with Crippen LogP contribution in [0.3, 0.4) is 0 Å². The molecule has 0 aromatic heterocycles. The lowest BCUT2D eigenvalue weighted by Crippen LogP contribution is -2.47. The van der Waals surface area contributed by atoms with Gasteiger partial charge in [-0.05, 0) is 49.9 Å². The van der Waals surface area contributed by atoms with Gasteiger partial charge in [-0.1, -0.05) is 24.3 Å². The predicted octanol–water partition coefficient (Wildman–Crippen LogP) is 3.24. The number of ether oxygens (including phenoxy) is 2. The van der Waals surface area contributed by atoms with Gasteiger partial charge in [-0.2, -0.15) is 0 Å². The first-order chi connectivity index (χ1) is 12.4. The average molecular weight is 381 g/mol. The summed E-state index contributed by atoms with van der Waals surface area (Å²) in [6, 6.07) is 3.66. The quantitative estimate of drug-likeness (QED) is 0.769. The number of likely N-dealkylation sites (tertiary alicyclic amines) is 1. The van der Waals surface area contributed by atoms with E-state index in [-0.39, 0.29) is 31.3 Å². The molecular weight excluding hydrogens is 356 g/mol. The highest BCUT2D eigenvalue weighted by atomic mass is 35.5. The second-order valence-corrected chi connectivity index (χ2v) is 6.73. The summed E-state index contributed by atoms with van der Waals surface area (Å²) in [6.07, 6.45) is 2.57. The zero-order valence-corrected chi connectivity index (χ0v) is 16.0. The number of nitrogens with one attached hydrogen (secondary N) is 1. The van der Waals surface area contributed by atoms with Crippen molar-refractivity contribution in [2.75, 3.05) is 26.3 Å². The summed E-state index contributed by atoms with van der Waals surface area (Å²) in [7, 11) is 0. The largest absolute Gasteiger partial charge is 0.484 e. The van der Waals surface area contributed by atoms with E-state index in [1.807, 2.05) is 26.0 Å². The van der Waals surface area contributed by atoms with E-state index < -0.39 is 0 Å². The summed E-state index contributed by atoms with van der Waals surface area (Å²) in [4.78, 5) is 25.5. The molecule has 0 radical (unpaired) electrons. The zero-order valence-electron chi connectivity index (χ0n) is 15.2. The van der Waals surface area contributed by atoms with E-state index in [4.69, 9.17) is 21.1 Å². The number of halogens is 1. The van der Waals surface area contributed by atoms with Gasteiger partial charge in [-0.15, -0.1) is 0 Å². The number of hydrogen-bond donors (Lipinski definition) is 1. The third kappa shape index (κ3) is 5.66. The van der Waals surface area contributed by atoms with Crippen molar-refractivity contribution < 1.29 is 19.1 Å². The van der Waals surface area contributed by atoms with Gasteiger partial charge in [0, 0.05) is 24.2 Å². The van der Waals surface area contributed by atoms with E-state index in [9.17, 15) is 9.59 Å². The van der Waals surface area contributed by atoms with Gasteiger partial charge < -0.3 is 19.7 Å². The molecule has 0 bridgehead atoms. The molecule has 0 aliphatic carbocycles. The van der Waals surface area contributed by atoms with E-state index in [1.54, 1.807) is 4.90 Å². The molecule has 7 heteroatoms. The number of carbonyl (C=O) groups excluding carboxylic acids is 2. The number of hydrogen-bond acceptors (Lipinski definition) is 4. The maximum absolute atomic E-state index is 12.1. The third-order valence-electron chi connectivity index (χ3n) is 4.22. The molecule has 26 heavy (non-hydrogen) atoms. The van der Waals surface area contributed by atoms with Crippen LogP contribution in [0.5, 0.6) is 5.75 Å². The Hall–Kier alpha value is -2.21. The Morgan fingerprint density at radius 3 is 2.50 bits per heavy atom. The Balaban J connectivity index is 1.74. The number of nitrogens with zero attached hydrogens (tertiary/aromatic N) is 1. The summed E-state index contributed by atoms with van der Waals surface area (Å²) in [5, 5.41) is 3.66. The van der Waals surface area contributed by atoms with E-state index in [0.29, 0.717) is 36.7 Å². The van der Waals surface area contributed by atoms with Crippen LogP contribution in [-0.2, 0) is 9.53 Å². The molecule has 1 heterocycles. The molecule has 1 N–H and O–H groups in total. The molecule has 1 aromatic carbocycles. The van der Waals surface area contributed by atoms with Crippen LogP contribution in [0.15, 0.2) is 24.8 Å². The van der Waals surface area contributed by atoms with Gasteiger partial charge in [0.1, 0.15) is 12.4 Å².